The summed E-state index contributed by atoms with van der Waals surface area (Å²) in [5.74, 6) is 0.0898. The van der Waals surface area contributed by atoms with Crippen molar-refractivity contribution in [2.24, 2.45) is 0 Å². The molecule has 0 aromatic carbocycles. The number of nitrogens with zero attached hydrogens (tertiary/aromatic N) is 3. The molecule has 0 N–H and O–H groups in total. The first kappa shape index (κ1) is 12.9. The molecule has 0 saturated carbocycles. The highest BCUT2D eigenvalue weighted by Gasteiger charge is 2.12. The van der Waals surface area contributed by atoms with E-state index in [1.807, 2.05) is 28.8 Å². The second-order valence-corrected chi connectivity index (χ2v) is 4.57. The summed E-state index contributed by atoms with van der Waals surface area (Å²) in [6.07, 6.45) is 1.21. The van der Waals surface area contributed by atoms with Crippen LogP contribution in [0.1, 0.15) is 0 Å². The van der Waals surface area contributed by atoms with Crippen molar-refractivity contribution < 1.29 is 9.13 Å². The van der Waals surface area contributed by atoms with Gasteiger partial charge in [0.25, 0.3) is 0 Å². The van der Waals surface area contributed by atoms with Gasteiger partial charge in [-0.3, -0.25) is 0 Å². The highest BCUT2D eigenvalue weighted by atomic mass is 32.1. The van der Waals surface area contributed by atoms with E-state index in [-0.39, 0.29) is 0 Å². The molecule has 0 saturated heterocycles. The molecule has 0 aliphatic heterocycles. The lowest BCUT2D eigenvalue weighted by molar-refractivity contribution is 0.206. The van der Waals surface area contributed by atoms with E-state index in [2.05, 4.69) is 9.97 Å². The summed E-state index contributed by atoms with van der Waals surface area (Å²) < 4.78 is 18.7. The van der Waals surface area contributed by atoms with Gasteiger partial charge >= 0.3 is 0 Å². The molecule has 0 spiro atoms. The third-order valence-corrected chi connectivity index (χ3v) is 3.18. The number of hydrogen-bond donors (Lipinski definition) is 0. The Morgan fingerprint density at radius 3 is 3.00 bits per heavy atom. The molecule has 96 valence electrons. The van der Waals surface area contributed by atoms with Crippen LogP contribution in [0.25, 0.3) is 11.3 Å². The normalized spacial score (nSPS) is 10.6. The Morgan fingerprint density at radius 2 is 2.33 bits per heavy atom. The minimum Gasteiger partial charge on any atom is -0.383 e. The van der Waals surface area contributed by atoms with Crippen molar-refractivity contribution in [3.05, 3.63) is 28.8 Å². The van der Waals surface area contributed by atoms with E-state index in [0.717, 1.165) is 5.56 Å². The molecule has 4 nitrogen and oxygen atoms in total. The largest absolute Gasteiger partial charge is 0.383 e. The van der Waals surface area contributed by atoms with Gasteiger partial charge in [0, 0.05) is 31.6 Å². The number of hydrogen-bond acceptors (Lipinski definition) is 5. The minimum atomic E-state index is -0.405. The topological polar surface area (TPSA) is 38.2 Å². The van der Waals surface area contributed by atoms with Crippen molar-refractivity contribution in [2.75, 3.05) is 32.2 Å². The maximum atomic E-state index is 13.7. The van der Waals surface area contributed by atoms with Crippen LogP contribution in [0.3, 0.4) is 0 Å². The van der Waals surface area contributed by atoms with Gasteiger partial charge in [0.2, 0.25) is 5.95 Å². The van der Waals surface area contributed by atoms with Gasteiger partial charge in [-0.1, -0.05) is 0 Å². The monoisotopic (exact) mass is 267 g/mol. The SMILES string of the molecule is COCCN(C)c1ncc(F)c(-c2ccsc2)n1. The number of aromatic nitrogens is 2. The average Bonchev–Trinajstić information content (AvgIpc) is 2.90. The number of anilines is 1. The third kappa shape index (κ3) is 2.83. The Bertz CT molecular complexity index is 504. The van der Waals surface area contributed by atoms with Crippen molar-refractivity contribution in [1.82, 2.24) is 9.97 Å². The van der Waals surface area contributed by atoms with Crippen LogP contribution >= 0.6 is 11.3 Å². The zero-order valence-electron chi connectivity index (χ0n) is 10.3. The van der Waals surface area contributed by atoms with Gasteiger partial charge in [-0.2, -0.15) is 11.3 Å². The molecule has 0 radical (unpaired) electrons. The summed E-state index contributed by atoms with van der Waals surface area (Å²) in [5, 5.41) is 3.76. The van der Waals surface area contributed by atoms with Gasteiger partial charge in [-0.25, -0.2) is 14.4 Å². The van der Waals surface area contributed by atoms with Gasteiger partial charge in [-0.15, -0.1) is 0 Å². The molecule has 0 fully saturated rings. The molecule has 6 heteroatoms. The fraction of sp³-hybridized carbons (Fsp3) is 0.333. The molecule has 2 heterocycles. The molecule has 0 aliphatic carbocycles. The Labute approximate surface area is 109 Å². The first-order valence-electron chi connectivity index (χ1n) is 5.47. The van der Waals surface area contributed by atoms with Crippen LogP contribution in [0, 0.1) is 5.82 Å². The van der Waals surface area contributed by atoms with E-state index < -0.39 is 5.82 Å². The first-order chi connectivity index (χ1) is 8.72. The predicted molar refractivity (Wildman–Crippen MR) is 70.4 cm³/mol. The van der Waals surface area contributed by atoms with E-state index in [4.69, 9.17) is 4.74 Å². The van der Waals surface area contributed by atoms with Crippen LogP contribution in [0.4, 0.5) is 10.3 Å². The maximum absolute atomic E-state index is 13.7. The number of halogens is 1. The van der Waals surface area contributed by atoms with Crippen LogP contribution in [0.2, 0.25) is 0 Å². The van der Waals surface area contributed by atoms with Crippen molar-refractivity contribution in [3.8, 4) is 11.3 Å². The summed E-state index contributed by atoms with van der Waals surface area (Å²) in [7, 11) is 3.49. The van der Waals surface area contributed by atoms with Crippen LogP contribution < -0.4 is 4.90 Å². The number of ether oxygens (including phenoxy) is 1. The number of thiophene rings is 1. The summed E-state index contributed by atoms with van der Waals surface area (Å²) in [4.78, 5) is 10.1. The lowest BCUT2D eigenvalue weighted by Crippen LogP contribution is -2.24. The molecular weight excluding hydrogens is 253 g/mol. The van der Waals surface area contributed by atoms with E-state index in [9.17, 15) is 4.39 Å². The van der Waals surface area contributed by atoms with Crippen LogP contribution in [-0.2, 0) is 4.74 Å². The second-order valence-electron chi connectivity index (χ2n) is 3.79. The number of methoxy groups -OCH3 is 1. The molecule has 0 unspecified atom stereocenters. The molecule has 2 aromatic rings. The lowest BCUT2D eigenvalue weighted by Gasteiger charge is -2.16. The van der Waals surface area contributed by atoms with Crippen LogP contribution in [0.15, 0.2) is 23.0 Å². The molecule has 2 aromatic heterocycles. The highest BCUT2D eigenvalue weighted by molar-refractivity contribution is 7.08. The van der Waals surface area contributed by atoms with E-state index in [0.29, 0.717) is 24.8 Å². The fourth-order valence-electron chi connectivity index (χ4n) is 1.47. The summed E-state index contributed by atoms with van der Waals surface area (Å²) in [5.41, 5.74) is 1.12. The van der Waals surface area contributed by atoms with Gasteiger partial charge in [-0.05, 0) is 11.4 Å². The molecular formula is C12H14FN3OS. The minimum absolute atomic E-state index is 0.338. The van der Waals surface area contributed by atoms with E-state index >= 15 is 0 Å². The molecule has 0 aliphatic rings. The standard InChI is InChI=1S/C12H14FN3OS/c1-16(4-5-17-2)12-14-7-10(13)11(15-12)9-3-6-18-8-9/h3,6-8H,4-5H2,1-2H3. The Morgan fingerprint density at radius 1 is 1.50 bits per heavy atom. The second kappa shape index (κ2) is 5.88. The summed E-state index contributed by atoms with van der Waals surface area (Å²) >= 11 is 1.51. The molecule has 0 atom stereocenters. The third-order valence-electron chi connectivity index (χ3n) is 2.50. The van der Waals surface area contributed by atoms with Gasteiger partial charge in [0.15, 0.2) is 5.82 Å². The molecule has 2 rings (SSSR count). The zero-order chi connectivity index (χ0) is 13.0. The molecule has 18 heavy (non-hydrogen) atoms. The van der Waals surface area contributed by atoms with Crippen LogP contribution in [-0.4, -0.2) is 37.3 Å². The first-order valence-corrected chi connectivity index (χ1v) is 6.42. The maximum Gasteiger partial charge on any atom is 0.225 e. The van der Waals surface area contributed by atoms with Crippen molar-refractivity contribution in [2.45, 2.75) is 0 Å². The Balaban J connectivity index is 2.26. The zero-order valence-corrected chi connectivity index (χ0v) is 11.1. The summed E-state index contributed by atoms with van der Waals surface area (Å²) in [6.45, 7) is 1.23. The number of likely N-dealkylation sites (N-methyl/N-ethyl adjacent to an activating group) is 1. The highest BCUT2D eigenvalue weighted by Crippen LogP contribution is 2.24. The van der Waals surface area contributed by atoms with Crippen molar-refractivity contribution >= 4 is 17.3 Å². The average molecular weight is 267 g/mol. The van der Waals surface area contributed by atoms with Crippen LogP contribution in [0.5, 0.6) is 0 Å². The molecule has 0 amide bonds. The van der Waals surface area contributed by atoms with E-state index in [1.165, 1.54) is 17.5 Å². The lowest BCUT2D eigenvalue weighted by atomic mass is 10.2. The van der Waals surface area contributed by atoms with Crippen molar-refractivity contribution in [1.29, 1.82) is 0 Å². The fourth-order valence-corrected chi connectivity index (χ4v) is 2.11. The van der Waals surface area contributed by atoms with Gasteiger partial charge in [0.1, 0.15) is 5.69 Å². The van der Waals surface area contributed by atoms with Gasteiger partial charge < -0.3 is 9.64 Å². The van der Waals surface area contributed by atoms with E-state index in [1.54, 1.807) is 7.11 Å². The Hall–Kier alpha value is -1.53. The number of rotatable bonds is 5. The predicted octanol–water partition coefficient (Wildman–Crippen LogP) is 2.43. The molecule has 0 bridgehead atoms. The smallest absolute Gasteiger partial charge is 0.225 e. The quantitative estimate of drug-likeness (QED) is 0.834. The van der Waals surface area contributed by atoms with Crippen molar-refractivity contribution in [3.63, 3.8) is 0 Å². The Kier molecular flexibility index (Phi) is 4.22. The summed E-state index contributed by atoms with van der Waals surface area (Å²) in [6, 6.07) is 1.84. The van der Waals surface area contributed by atoms with Gasteiger partial charge in [0.05, 0.1) is 12.8 Å².